The van der Waals surface area contributed by atoms with Gasteiger partial charge in [-0.25, -0.2) is 0 Å². The van der Waals surface area contributed by atoms with Crippen molar-refractivity contribution in [3.05, 3.63) is 101 Å². The summed E-state index contributed by atoms with van der Waals surface area (Å²) in [6.07, 6.45) is 4.86. The molecule has 0 fully saturated rings. The number of hydrogen-bond donors (Lipinski definition) is 0. The second kappa shape index (κ2) is 8.55. The van der Waals surface area contributed by atoms with Crippen molar-refractivity contribution < 1.29 is 26.3 Å². The molecule has 0 atom stereocenters. The molecule has 3 aromatic rings. The van der Waals surface area contributed by atoms with Crippen LogP contribution < -0.4 is 21.5 Å². The summed E-state index contributed by atoms with van der Waals surface area (Å²) >= 11 is 0. The fourth-order valence-corrected chi connectivity index (χ4v) is 2.54. The molecule has 2 nitrogen and oxygen atoms in total. The smallest absolute Gasteiger partial charge is 0.227 e. The summed E-state index contributed by atoms with van der Waals surface area (Å²) in [5.41, 5.74) is 4.46. The van der Waals surface area contributed by atoms with Gasteiger partial charge in [0.2, 0.25) is 12.3 Å². The molecule has 0 saturated carbocycles. The molecular formula is C21H20BrNO. The highest BCUT2D eigenvalue weighted by Crippen LogP contribution is 2.08. The van der Waals surface area contributed by atoms with Crippen LogP contribution in [0.5, 0.6) is 0 Å². The Hall–Kier alpha value is -2.26. The first-order chi connectivity index (χ1) is 11.2. The lowest BCUT2D eigenvalue weighted by Crippen LogP contribution is -3.00. The Balaban J connectivity index is 0.00000208. The van der Waals surface area contributed by atoms with Gasteiger partial charge < -0.3 is 17.0 Å². The van der Waals surface area contributed by atoms with Crippen LogP contribution in [0.3, 0.4) is 0 Å². The Labute approximate surface area is 153 Å². The van der Waals surface area contributed by atoms with Gasteiger partial charge in [-0.2, -0.15) is 4.57 Å². The topological polar surface area (TPSA) is 20.9 Å². The number of pyridine rings is 1. The molecule has 0 N–H and O–H groups in total. The summed E-state index contributed by atoms with van der Waals surface area (Å²) in [6, 6.07) is 22.3. The summed E-state index contributed by atoms with van der Waals surface area (Å²) in [6.45, 7) is 2.39. The Morgan fingerprint density at radius 2 is 1.42 bits per heavy atom. The van der Waals surface area contributed by atoms with Crippen LogP contribution in [0.1, 0.15) is 27.0 Å². The van der Waals surface area contributed by atoms with E-state index in [1.165, 1.54) is 16.7 Å². The Morgan fingerprint density at radius 3 is 2.04 bits per heavy atom. The standard InChI is InChI=1S/C21H20NO.BrH/c1-17-7-9-20(10-8-17)21(23)16-22-13-11-19(12-14-22)15-18-5-3-2-4-6-18;/h2-14H,15-16H2,1H3;1H/q+1;/p-1. The van der Waals surface area contributed by atoms with Gasteiger partial charge in [-0.3, -0.25) is 4.79 Å². The number of carbonyl (C=O) groups excluding carboxylic acids is 1. The summed E-state index contributed by atoms with van der Waals surface area (Å²) in [5.74, 6) is 0.130. The largest absolute Gasteiger partial charge is 1.00 e. The molecule has 0 unspecified atom stereocenters. The average molecular weight is 382 g/mol. The molecule has 0 radical (unpaired) electrons. The normalized spacial score (nSPS) is 10.0. The van der Waals surface area contributed by atoms with Crippen molar-refractivity contribution in [3.63, 3.8) is 0 Å². The number of aryl methyl sites for hydroxylation is 1. The first-order valence-electron chi connectivity index (χ1n) is 7.82. The highest BCUT2D eigenvalue weighted by atomic mass is 79.9. The van der Waals surface area contributed by atoms with Crippen molar-refractivity contribution in [3.8, 4) is 0 Å². The Bertz CT molecular complexity index is 780. The van der Waals surface area contributed by atoms with E-state index >= 15 is 0 Å². The fraction of sp³-hybridized carbons (Fsp3) is 0.143. The SMILES string of the molecule is Cc1ccc(C(=O)C[n+]2ccc(Cc3ccccc3)cc2)cc1.[Br-]. The van der Waals surface area contributed by atoms with Gasteiger partial charge in [0, 0.05) is 17.7 Å². The van der Waals surface area contributed by atoms with E-state index in [9.17, 15) is 4.79 Å². The molecular weight excluding hydrogens is 362 g/mol. The van der Waals surface area contributed by atoms with Crippen LogP contribution in [-0.2, 0) is 13.0 Å². The molecule has 0 bridgehead atoms. The van der Waals surface area contributed by atoms with Gasteiger partial charge in [-0.1, -0.05) is 60.2 Å². The van der Waals surface area contributed by atoms with Crippen LogP contribution in [0, 0.1) is 6.92 Å². The van der Waals surface area contributed by atoms with Crippen LogP contribution in [0.25, 0.3) is 0 Å². The number of nitrogens with zero attached hydrogens (tertiary/aromatic N) is 1. The van der Waals surface area contributed by atoms with E-state index in [-0.39, 0.29) is 22.8 Å². The van der Waals surface area contributed by atoms with Gasteiger partial charge in [0.05, 0.1) is 0 Å². The first-order valence-corrected chi connectivity index (χ1v) is 7.82. The first kappa shape index (κ1) is 18.1. The van der Waals surface area contributed by atoms with E-state index in [1.54, 1.807) is 0 Å². The van der Waals surface area contributed by atoms with Crippen LogP contribution in [0.15, 0.2) is 79.1 Å². The molecule has 0 spiro atoms. The minimum atomic E-state index is 0. The van der Waals surface area contributed by atoms with Crippen molar-refractivity contribution in [2.75, 3.05) is 0 Å². The quantitative estimate of drug-likeness (QED) is 0.472. The van der Waals surface area contributed by atoms with Crippen LogP contribution in [0.4, 0.5) is 0 Å². The molecule has 24 heavy (non-hydrogen) atoms. The monoisotopic (exact) mass is 381 g/mol. The van der Waals surface area contributed by atoms with Gasteiger partial charge >= 0.3 is 0 Å². The van der Waals surface area contributed by atoms with Gasteiger partial charge in [0.1, 0.15) is 0 Å². The van der Waals surface area contributed by atoms with E-state index in [0.29, 0.717) is 6.54 Å². The molecule has 3 heteroatoms. The zero-order valence-corrected chi connectivity index (χ0v) is 15.2. The van der Waals surface area contributed by atoms with Crippen LogP contribution >= 0.6 is 0 Å². The van der Waals surface area contributed by atoms with Crippen molar-refractivity contribution in [2.24, 2.45) is 0 Å². The number of rotatable bonds is 5. The Kier molecular flexibility index (Phi) is 6.44. The summed E-state index contributed by atoms with van der Waals surface area (Å²) in [4.78, 5) is 12.3. The van der Waals surface area contributed by atoms with Gasteiger partial charge in [0.15, 0.2) is 12.4 Å². The van der Waals surface area contributed by atoms with E-state index in [4.69, 9.17) is 0 Å². The number of Topliss-reactive ketones (excluding diaryl/α,β-unsaturated/α-hetero) is 1. The third-order valence-corrected chi connectivity index (χ3v) is 3.91. The van der Waals surface area contributed by atoms with Gasteiger partial charge in [-0.15, -0.1) is 0 Å². The predicted octanol–water partition coefficient (Wildman–Crippen LogP) is 0.760. The molecule has 0 saturated heterocycles. The molecule has 0 aliphatic rings. The summed E-state index contributed by atoms with van der Waals surface area (Å²) in [5, 5.41) is 0. The molecule has 0 amide bonds. The maximum atomic E-state index is 12.3. The highest BCUT2D eigenvalue weighted by Gasteiger charge is 2.11. The fourth-order valence-electron chi connectivity index (χ4n) is 2.54. The van der Waals surface area contributed by atoms with Gasteiger partial charge in [0.25, 0.3) is 0 Å². The number of ketones is 1. The van der Waals surface area contributed by atoms with Crippen LogP contribution in [-0.4, -0.2) is 5.78 Å². The van der Waals surface area contributed by atoms with Crippen molar-refractivity contribution in [1.82, 2.24) is 0 Å². The van der Waals surface area contributed by atoms with Gasteiger partial charge in [-0.05, 0) is 24.5 Å². The second-order valence-electron chi connectivity index (χ2n) is 5.83. The molecule has 1 aromatic heterocycles. The number of benzene rings is 2. The van der Waals surface area contributed by atoms with Crippen molar-refractivity contribution >= 4 is 5.78 Å². The third-order valence-electron chi connectivity index (χ3n) is 3.91. The van der Waals surface area contributed by atoms with E-state index < -0.39 is 0 Å². The zero-order valence-electron chi connectivity index (χ0n) is 13.7. The maximum Gasteiger partial charge on any atom is 0.227 e. The number of carbonyl (C=O) groups is 1. The van der Waals surface area contributed by atoms with Crippen molar-refractivity contribution in [1.29, 1.82) is 0 Å². The number of halogens is 1. The molecule has 2 aromatic carbocycles. The summed E-state index contributed by atoms with van der Waals surface area (Å²) < 4.78 is 1.93. The van der Waals surface area contributed by atoms with E-state index in [0.717, 1.165) is 12.0 Å². The maximum absolute atomic E-state index is 12.3. The zero-order chi connectivity index (χ0) is 16.1. The van der Waals surface area contributed by atoms with Crippen molar-refractivity contribution in [2.45, 2.75) is 19.9 Å². The molecule has 0 aliphatic carbocycles. The molecule has 0 aliphatic heterocycles. The minimum Gasteiger partial charge on any atom is -1.00 e. The lowest BCUT2D eigenvalue weighted by Gasteiger charge is -2.02. The molecule has 122 valence electrons. The average Bonchev–Trinajstić information content (AvgIpc) is 2.58. The number of aromatic nitrogens is 1. The predicted molar refractivity (Wildman–Crippen MR) is 91.4 cm³/mol. The lowest BCUT2D eigenvalue weighted by molar-refractivity contribution is -0.683. The van der Waals surface area contributed by atoms with Crippen LogP contribution in [0.2, 0.25) is 0 Å². The number of hydrogen-bond acceptors (Lipinski definition) is 1. The highest BCUT2D eigenvalue weighted by molar-refractivity contribution is 5.95. The molecule has 3 rings (SSSR count). The lowest BCUT2D eigenvalue weighted by atomic mass is 10.1. The van der Waals surface area contributed by atoms with E-state index in [2.05, 4.69) is 36.4 Å². The second-order valence-corrected chi connectivity index (χ2v) is 5.83. The molecule has 1 heterocycles. The Morgan fingerprint density at radius 1 is 0.833 bits per heavy atom. The summed E-state index contributed by atoms with van der Waals surface area (Å²) in [7, 11) is 0. The third kappa shape index (κ3) is 4.87. The van der Waals surface area contributed by atoms with E-state index in [1.807, 2.05) is 54.2 Å². The minimum absolute atomic E-state index is 0.